The maximum Gasteiger partial charge on any atom is -0.0348 e. The van der Waals surface area contributed by atoms with Gasteiger partial charge in [0.2, 0.25) is 0 Å². The molecule has 93 valence electrons. The molecular weight excluding hydrogens is 192 g/mol. The Labute approximate surface area is 103 Å². The fraction of sp³-hybridized carbons (Fsp3) is 0.688. The summed E-state index contributed by atoms with van der Waals surface area (Å²) in [5, 5.41) is 0. The minimum Gasteiger partial charge on any atom is -0.0846 e. The van der Waals surface area contributed by atoms with Crippen molar-refractivity contribution < 1.29 is 0 Å². The summed E-state index contributed by atoms with van der Waals surface area (Å²) in [6, 6.07) is 0. The third-order valence-electron chi connectivity index (χ3n) is 2.71. The molecule has 0 aliphatic rings. The molecule has 0 atom stereocenters. The molecule has 0 heteroatoms. The van der Waals surface area contributed by atoms with Crippen molar-refractivity contribution in [1.82, 2.24) is 0 Å². The average molecular weight is 221 g/mol. The van der Waals surface area contributed by atoms with Crippen molar-refractivity contribution in [3.05, 3.63) is 31.2 Å². The van der Waals surface area contributed by atoms with Crippen LogP contribution in [0.25, 0.3) is 0 Å². The van der Waals surface area contributed by atoms with Gasteiger partial charge in [-0.2, -0.15) is 0 Å². The number of hydrogen-bond acceptors (Lipinski definition) is 0. The summed E-state index contributed by atoms with van der Waals surface area (Å²) in [6.45, 7) is 6.07. The molecule has 0 aromatic rings. The van der Waals surface area contributed by atoms with Crippen LogP contribution in [0, 0.1) is 6.92 Å². The zero-order valence-electron chi connectivity index (χ0n) is 11.1. The zero-order valence-corrected chi connectivity index (χ0v) is 11.1. The van der Waals surface area contributed by atoms with Gasteiger partial charge in [-0.1, -0.05) is 83.1 Å². The molecule has 0 nitrogen and oxygen atoms in total. The molecule has 0 bridgehead atoms. The minimum atomic E-state index is 1.10. The molecular formula is C16H29. The predicted molar refractivity (Wildman–Crippen MR) is 75.5 cm³/mol. The molecule has 0 saturated heterocycles. The summed E-state index contributed by atoms with van der Waals surface area (Å²) in [5.74, 6) is 0. The molecule has 1 radical (unpaired) electrons. The maximum atomic E-state index is 3.86. The SMILES string of the molecule is [CH2]CCCCCCCC/C=C/C=C\CCC. The van der Waals surface area contributed by atoms with Crippen molar-refractivity contribution in [2.45, 2.75) is 71.1 Å². The van der Waals surface area contributed by atoms with Gasteiger partial charge in [0.15, 0.2) is 0 Å². The molecule has 0 aliphatic carbocycles. The van der Waals surface area contributed by atoms with Gasteiger partial charge in [-0.05, 0) is 19.3 Å². The largest absolute Gasteiger partial charge is 0.0846 e. The minimum absolute atomic E-state index is 1.10. The van der Waals surface area contributed by atoms with E-state index >= 15 is 0 Å². The lowest BCUT2D eigenvalue weighted by Crippen LogP contribution is -1.78. The second-order valence-corrected chi connectivity index (χ2v) is 4.41. The molecule has 0 aromatic carbocycles. The summed E-state index contributed by atoms with van der Waals surface area (Å²) in [6.07, 6.45) is 21.9. The van der Waals surface area contributed by atoms with Gasteiger partial charge >= 0.3 is 0 Å². The van der Waals surface area contributed by atoms with E-state index in [1.807, 2.05) is 0 Å². The summed E-state index contributed by atoms with van der Waals surface area (Å²) < 4.78 is 0. The normalized spacial score (nSPS) is 11.9. The maximum absolute atomic E-state index is 3.86. The summed E-state index contributed by atoms with van der Waals surface area (Å²) in [4.78, 5) is 0. The van der Waals surface area contributed by atoms with Crippen molar-refractivity contribution in [3.63, 3.8) is 0 Å². The second-order valence-electron chi connectivity index (χ2n) is 4.41. The Morgan fingerprint density at radius 2 is 1.31 bits per heavy atom. The lowest BCUT2D eigenvalue weighted by molar-refractivity contribution is 0.599. The molecule has 0 N–H and O–H groups in total. The lowest BCUT2D eigenvalue weighted by atomic mass is 10.1. The van der Waals surface area contributed by atoms with E-state index in [0.717, 1.165) is 6.42 Å². The molecule has 0 fully saturated rings. The number of allylic oxidation sites excluding steroid dienone is 4. The van der Waals surface area contributed by atoms with Crippen LogP contribution in [0.15, 0.2) is 24.3 Å². The van der Waals surface area contributed by atoms with Crippen molar-refractivity contribution in [2.24, 2.45) is 0 Å². The van der Waals surface area contributed by atoms with Crippen molar-refractivity contribution in [1.29, 1.82) is 0 Å². The predicted octanol–water partition coefficient (Wildman–Crippen LogP) is 5.85. The fourth-order valence-corrected chi connectivity index (χ4v) is 1.66. The van der Waals surface area contributed by atoms with E-state index in [4.69, 9.17) is 0 Å². The van der Waals surface area contributed by atoms with Gasteiger partial charge < -0.3 is 0 Å². The van der Waals surface area contributed by atoms with Gasteiger partial charge in [0.05, 0.1) is 0 Å². The first-order valence-corrected chi connectivity index (χ1v) is 7.02. The highest BCUT2D eigenvalue weighted by molar-refractivity contribution is 5.02. The highest BCUT2D eigenvalue weighted by atomic mass is 13.9. The Hall–Kier alpha value is -0.520. The first kappa shape index (κ1) is 15.5. The van der Waals surface area contributed by atoms with E-state index in [-0.39, 0.29) is 0 Å². The van der Waals surface area contributed by atoms with Crippen LogP contribution in [0.5, 0.6) is 0 Å². The Morgan fingerprint density at radius 1 is 0.750 bits per heavy atom. The van der Waals surface area contributed by atoms with Gasteiger partial charge in [-0.25, -0.2) is 0 Å². The first-order chi connectivity index (χ1) is 7.91. The highest BCUT2D eigenvalue weighted by Crippen LogP contribution is 2.08. The van der Waals surface area contributed by atoms with E-state index in [9.17, 15) is 0 Å². The molecule has 0 rings (SSSR count). The van der Waals surface area contributed by atoms with E-state index in [1.54, 1.807) is 0 Å². The summed E-state index contributed by atoms with van der Waals surface area (Å²) >= 11 is 0. The molecule has 0 heterocycles. The van der Waals surface area contributed by atoms with E-state index in [2.05, 4.69) is 38.2 Å². The molecule has 16 heavy (non-hydrogen) atoms. The number of rotatable bonds is 11. The summed E-state index contributed by atoms with van der Waals surface area (Å²) in [7, 11) is 0. The fourth-order valence-electron chi connectivity index (χ4n) is 1.66. The highest BCUT2D eigenvalue weighted by Gasteiger charge is 1.88. The zero-order chi connectivity index (χ0) is 11.9. The van der Waals surface area contributed by atoms with Crippen LogP contribution >= 0.6 is 0 Å². The van der Waals surface area contributed by atoms with Crippen molar-refractivity contribution in [3.8, 4) is 0 Å². The second kappa shape index (κ2) is 14.5. The quantitative estimate of drug-likeness (QED) is 0.303. The van der Waals surface area contributed by atoms with E-state index < -0.39 is 0 Å². The van der Waals surface area contributed by atoms with Crippen LogP contribution in [0.3, 0.4) is 0 Å². The van der Waals surface area contributed by atoms with Gasteiger partial charge in [0, 0.05) is 0 Å². The summed E-state index contributed by atoms with van der Waals surface area (Å²) in [5.41, 5.74) is 0. The Balaban J connectivity index is 3.08. The van der Waals surface area contributed by atoms with E-state index in [1.165, 1.54) is 57.8 Å². The third kappa shape index (κ3) is 13.5. The van der Waals surface area contributed by atoms with Crippen molar-refractivity contribution >= 4 is 0 Å². The molecule has 0 aromatic heterocycles. The van der Waals surface area contributed by atoms with Gasteiger partial charge in [-0.3, -0.25) is 0 Å². The van der Waals surface area contributed by atoms with Crippen LogP contribution in [-0.4, -0.2) is 0 Å². The Bertz CT molecular complexity index is 165. The number of unbranched alkanes of at least 4 members (excludes halogenated alkanes) is 8. The van der Waals surface area contributed by atoms with Crippen LogP contribution in [0.4, 0.5) is 0 Å². The molecule has 0 amide bonds. The molecule has 0 spiro atoms. The smallest absolute Gasteiger partial charge is 0.0348 e. The standard InChI is InChI=1S/C16H29/c1-3-5-7-9-11-13-15-16-14-12-10-8-6-4-2/h8,10,12,14H,1,3-7,9,11,13,15-16H2,2H3/b10-8-,14-12+. The average Bonchev–Trinajstić information content (AvgIpc) is 2.31. The lowest BCUT2D eigenvalue weighted by Gasteiger charge is -1.98. The van der Waals surface area contributed by atoms with Crippen LogP contribution in [0.2, 0.25) is 0 Å². The monoisotopic (exact) mass is 221 g/mol. The van der Waals surface area contributed by atoms with Crippen LogP contribution in [-0.2, 0) is 0 Å². The van der Waals surface area contributed by atoms with Gasteiger partial charge in [-0.15, -0.1) is 0 Å². The van der Waals surface area contributed by atoms with Gasteiger partial charge in [0.25, 0.3) is 0 Å². The Kier molecular flexibility index (Phi) is 14.0. The van der Waals surface area contributed by atoms with Crippen LogP contribution in [0.1, 0.15) is 71.1 Å². The third-order valence-corrected chi connectivity index (χ3v) is 2.71. The molecule has 0 aliphatic heterocycles. The van der Waals surface area contributed by atoms with E-state index in [0.29, 0.717) is 0 Å². The molecule has 0 unspecified atom stereocenters. The Morgan fingerprint density at radius 3 is 1.94 bits per heavy atom. The topological polar surface area (TPSA) is 0 Å². The number of hydrogen-bond donors (Lipinski definition) is 0. The molecule has 0 saturated carbocycles. The first-order valence-electron chi connectivity index (χ1n) is 7.02. The van der Waals surface area contributed by atoms with Crippen molar-refractivity contribution in [2.75, 3.05) is 0 Å². The van der Waals surface area contributed by atoms with Gasteiger partial charge in [0.1, 0.15) is 0 Å². The van der Waals surface area contributed by atoms with Crippen LogP contribution < -0.4 is 0 Å².